The topological polar surface area (TPSA) is 86.8 Å². The highest BCUT2D eigenvalue weighted by atomic mass is 32.2. The van der Waals surface area contributed by atoms with Crippen molar-refractivity contribution >= 4 is 27.5 Å². The first-order valence-corrected chi connectivity index (χ1v) is 14.1. The summed E-state index contributed by atoms with van der Waals surface area (Å²) in [5.41, 5.74) is 3.24. The third-order valence-corrected chi connectivity index (χ3v) is 7.83. The molecule has 2 amide bonds. The Kier molecular flexibility index (Phi) is 8.94. The van der Waals surface area contributed by atoms with Gasteiger partial charge in [-0.1, -0.05) is 55.7 Å². The molecule has 0 radical (unpaired) electrons. The summed E-state index contributed by atoms with van der Waals surface area (Å²) >= 11 is 0. The van der Waals surface area contributed by atoms with Crippen LogP contribution in [0.4, 0.5) is 5.69 Å². The van der Waals surface area contributed by atoms with Crippen LogP contribution in [0.3, 0.4) is 0 Å². The summed E-state index contributed by atoms with van der Waals surface area (Å²) in [5.74, 6) is -0.633. The van der Waals surface area contributed by atoms with Crippen LogP contribution in [0.1, 0.15) is 55.7 Å². The van der Waals surface area contributed by atoms with Crippen LogP contribution >= 0.6 is 0 Å². The minimum absolute atomic E-state index is 0.119. The second-order valence-corrected chi connectivity index (χ2v) is 11.5. The summed E-state index contributed by atoms with van der Waals surface area (Å²) in [6, 6.07) is 14.1. The average molecular weight is 500 g/mol. The Balaban J connectivity index is 1.88. The molecule has 1 aliphatic carbocycles. The Morgan fingerprint density at radius 1 is 1.03 bits per heavy atom. The Morgan fingerprint density at radius 2 is 1.71 bits per heavy atom. The van der Waals surface area contributed by atoms with E-state index in [1.807, 2.05) is 44.2 Å². The zero-order chi connectivity index (χ0) is 25.6. The predicted octanol–water partition coefficient (Wildman–Crippen LogP) is 3.94. The molecule has 1 unspecified atom stereocenters. The van der Waals surface area contributed by atoms with Crippen LogP contribution in [0, 0.1) is 13.8 Å². The Labute approximate surface area is 209 Å². The van der Waals surface area contributed by atoms with Crippen LogP contribution in [0.2, 0.25) is 0 Å². The van der Waals surface area contributed by atoms with Crippen LogP contribution in [0.15, 0.2) is 48.5 Å². The molecule has 0 aliphatic heterocycles. The molecule has 8 heteroatoms. The monoisotopic (exact) mass is 499 g/mol. The lowest BCUT2D eigenvalue weighted by atomic mass is 9.95. The van der Waals surface area contributed by atoms with Crippen molar-refractivity contribution in [3.8, 4) is 0 Å². The van der Waals surface area contributed by atoms with E-state index in [1.165, 1.54) is 11.3 Å². The Morgan fingerprint density at radius 3 is 2.34 bits per heavy atom. The predicted molar refractivity (Wildman–Crippen MR) is 140 cm³/mol. The van der Waals surface area contributed by atoms with Gasteiger partial charge in [0, 0.05) is 12.6 Å². The number of sulfonamides is 1. The summed E-state index contributed by atoms with van der Waals surface area (Å²) in [6.07, 6.45) is 6.34. The molecule has 2 aromatic carbocycles. The van der Waals surface area contributed by atoms with Gasteiger partial charge in [-0.3, -0.25) is 13.9 Å². The van der Waals surface area contributed by atoms with Crippen molar-refractivity contribution < 1.29 is 18.0 Å². The van der Waals surface area contributed by atoms with Crippen molar-refractivity contribution in [2.75, 3.05) is 17.1 Å². The van der Waals surface area contributed by atoms with Gasteiger partial charge in [-0.2, -0.15) is 0 Å². The maximum atomic E-state index is 13.7. The maximum Gasteiger partial charge on any atom is 0.244 e. The molecule has 1 atom stereocenters. The van der Waals surface area contributed by atoms with E-state index in [4.69, 9.17) is 0 Å². The van der Waals surface area contributed by atoms with E-state index in [9.17, 15) is 18.0 Å². The van der Waals surface area contributed by atoms with Crippen LogP contribution in [0.5, 0.6) is 0 Å². The number of nitrogens with zero attached hydrogens (tertiary/aromatic N) is 2. The largest absolute Gasteiger partial charge is 0.352 e. The summed E-state index contributed by atoms with van der Waals surface area (Å²) < 4.78 is 26.4. The van der Waals surface area contributed by atoms with Crippen molar-refractivity contribution in [1.82, 2.24) is 10.2 Å². The standard InChI is InChI=1S/C27H37N3O4S/c1-20-11-10-16-25(17-20)30(35(4,33)34)19-26(31)29(18-23-13-9-8-12-21(23)2)22(3)27(32)28-24-14-6-5-7-15-24/h8-13,16-17,22,24H,5-7,14-15,18-19H2,1-4H3,(H,28,32). The number of anilines is 1. The fourth-order valence-corrected chi connectivity index (χ4v) is 5.36. The van der Waals surface area contributed by atoms with E-state index in [0.29, 0.717) is 5.69 Å². The van der Waals surface area contributed by atoms with Gasteiger partial charge in [0.15, 0.2) is 0 Å². The molecule has 2 aromatic rings. The van der Waals surface area contributed by atoms with Crippen LogP contribution < -0.4 is 9.62 Å². The molecule has 0 heterocycles. The SMILES string of the molecule is Cc1cccc(N(CC(=O)N(Cc2ccccc2C)C(C)C(=O)NC2CCCCC2)S(C)(=O)=O)c1. The second kappa shape index (κ2) is 11.7. The lowest BCUT2D eigenvalue weighted by Crippen LogP contribution is -2.53. The van der Waals surface area contributed by atoms with Crippen molar-refractivity contribution in [3.63, 3.8) is 0 Å². The van der Waals surface area contributed by atoms with Gasteiger partial charge in [-0.05, 0) is 62.4 Å². The zero-order valence-electron chi connectivity index (χ0n) is 21.2. The number of benzene rings is 2. The molecule has 3 rings (SSSR count). The molecular formula is C27H37N3O4S. The molecule has 0 aromatic heterocycles. The van der Waals surface area contributed by atoms with Crippen LogP contribution in [-0.4, -0.2) is 50.0 Å². The van der Waals surface area contributed by atoms with E-state index in [0.717, 1.165) is 52.9 Å². The minimum Gasteiger partial charge on any atom is -0.352 e. The van der Waals surface area contributed by atoms with Gasteiger partial charge in [0.2, 0.25) is 21.8 Å². The number of aryl methyl sites for hydroxylation is 2. The molecule has 1 N–H and O–H groups in total. The molecule has 1 fully saturated rings. The minimum atomic E-state index is -3.73. The summed E-state index contributed by atoms with van der Waals surface area (Å²) in [6.45, 7) is 5.38. The van der Waals surface area contributed by atoms with Crippen LogP contribution in [-0.2, 0) is 26.2 Å². The van der Waals surface area contributed by atoms with Gasteiger partial charge in [0.1, 0.15) is 12.6 Å². The number of nitrogens with one attached hydrogen (secondary N) is 1. The van der Waals surface area contributed by atoms with Gasteiger partial charge < -0.3 is 10.2 Å². The zero-order valence-corrected chi connectivity index (χ0v) is 22.0. The highest BCUT2D eigenvalue weighted by Crippen LogP contribution is 2.22. The molecule has 190 valence electrons. The third kappa shape index (κ3) is 7.31. The fourth-order valence-electron chi connectivity index (χ4n) is 4.52. The Hall–Kier alpha value is -2.87. The van der Waals surface area contributed by atoms with Gasteiger partial charge in [0.25, 0.3) is 0 Å². The summed E-state index contributed by atoms with van der Waals surface area (Å²) in [7, 11) is -3.73. The summed E-state index contributed by atoms with van der Waals surface area (Å²) in [5, 5.41) is 3.11. The molecule has 1 aliphatic rings. The highest BCUT2D eigenvalue weighted by Gasteiger charge is 2.31. The number of hydrogen-bond donors (Lipinski definition) is 1. The van der Waals surface area contributed by atoms with Gasteiger partial charge in [-0.25, -0.2) is 8.42 Å². The van der Waals surface area contributed by atoms with Gasteiger partial charge >= 0.3 is 0 Å². The first-order valence-electron chi connectivity index (χ1n) is 12.2. The van der Waals surface area contributed by atoms with E-state index < -0.39 is 22.0 Å². The molecule has 0 saturated heterocycles. The van der Waals surface area contributed by atoms with E-state index in [1.54, 1.807) is 25.1 Å². The maximum absolute atomic E-state index is 13.7. The molecule has 35 heavy (non-hydrogen) atoms. The van der Waals surface area contributed by atoms with Crippen molar-refractivity contribution in [3.05, 3.63) is 65.2 Å². The first kappa shape index (κ1) is 26.7. The normalized spacial score (nSPS) is 15.3. The van der Waals surface area contributed by atoms with Gasteiger partial charge in [-0.15, -0.1) is 0 Å². The summed E-state index contributed by atoms with van der Waals surface area (Å²) in [4.78, 5) is 28.3. The number of amides is 2. The quantitative estimate of drug-likeness (QED) is 0.566. The highest BCUT2D eigenvalue weighted by molar-refractivity contribution is 7.92. The van der Waals surface area contributed by atoms with Crippen molar-refractivity contribution in [1.29, 1.82) is 0 Å². The number of rotatable bonds is 9. The average Bonchev–Trinajstić information content (AvgIpc) is 2.81. The number of hydrogen-bond acceptors (Lipinski definition) is 4. The second-order valence-electron chi connectivity index (χ2n) is 9.58. The van der Waals surface area contributed by atoms with Gasteiger partial charge in [0.05, 0.1) is 11.9 Å². The molecular weight excluding hydrogens is 462 g/mol. The third-order valence-electron chi connectivity index (χ3n) is 6.69. The van der Waals surface area contributed by atoms with Crippen LogP contribution in [0.25, 0.3) is 0 Å². The van der Waals surface area contributed by atoms with E-state index in [-0.39, 0.29) is 25.0 Å². The molecule has 0 bridgehead atoms. The van der Waals surface area contributed by atoms with Crippen molar-refractivity contribution in [2.24, 2.45) is 0 Å². The number of carbonyl (C=O) groups excluding carboxylic acids is 2. The molecule has 7 nitrogen and oxygen atoms in total. The molecule has 1 saturated carbocycles. The number of carbonyl (C=O) groups is 2. The smallest absolute Gasteiger partial charge is 0.244 e. The first-order chi connectivity index (χ1) is 16.6. The lowest BCUT2D eigenvalue weighted by molar-refractivity contribution is -0.139. The fraction of sp³-hybridized carbons (Fsp3) is 0.481. The van der Waals surface area contributed by atoms with E-state index in [2.05, 4.69) is 5.32 Å². The lowest BCUT2D eigenvalue weighted by Gasteiger charge is -2.33. The molecule has 0 spiro atoms. The van der Waals surface area contributed by atoms with Crippen molar-refractivity contribution in [2.45, 2.75) is 71.5 Å². The Bertz CT molecular complexity index is 1140. The van der Waals surface area contributed by atoms with E-state index >= 15 is 0 Å².